The van der Waals surface area contributed by atoms with Gasteiger partial charge in [-0.15, -0.1) is 0 Å². The maximum absolute atomic E-state index is 13.0. The van der Waals surface area contributed by atoms with Crippen molar-refractivity contribution in [1.29, 1.82) is 0 Å². The van der Waals surface area contributed by atoms with Crippen LogP contribution in [0.2, 0.25) is 0 Å². The second kappa shape index (κ2) is 8.87. The largest absolute Gasteiger partial charge is 0.463 e. The molecule has 3 N–H and O–H groups in total. The van der Waals surface area contributed by atoms with Crippen LogP contribution in [-0.4, -0.2) is 28.2 Å². The second-order valence-electron chi connectivity index (χ2n) is 6.51. The van der Waals surface area contributed by atoms with Gasteiger partial charge in [-0.05, 0) is 30.3 Å². The van der Waals surface area contributed by atoms with Crippen molar-refractivity contribution in [3.05, 3.63) is 100 Å². The summed E-state index contributed by atoms with van der Waals surface area (Å²) in [7, 11) is 0. The molecule has 4 aromatic rings. The van der Waals surface area contributed by atoms with Crippen molar-refractivity contribution >= 4 is 28.8 Å². The Morgan fingerprint density at radius 3 is 2.48 bits per heavy atom. The van der Waals surface area contributed by atoms with Crippen LogP contribution < -0.4 is 16.3 Å². The fourth-order valence-corrected chi connectivity index (χ4v) is 3.01. The molecule has 154 valence electrons. The number of aromatic nitrogens is 2. The number of benzene rings is 2. The van der Waals surface area contributed by atoms with E-state index in [1.807, 2.05) is 0 Å². The number of amides is 2. The molecule has 0 saturated carbocycles. The van der Waals surface area contributed by atoms with Gasteiger partial charge in [-0.2, -0.15) is 10.2 Å². The topological polar surface area (TPSA) is 129 Å². The van der Waals surface area contributed by atoms with Gasteiger partial charge in [-0.3, -0.25) is 14.4 Å². The molecular formula is C22H17N5O4. The number of hydrogen-bond acceptors (Lipinski definition) is 6. The molecule has 2 aromatic carbocycles. The SMILES string of the molecule is O=C(N[C@@H](C(=O)N/N=C\c1ccco1)c1n[nH]c(=O)c2ccccc12)c1ccccc1. The zero-order valence-electron chi connectivity index (χ0n) is 16.1. The minimum absolute atomic E-state index is 0.185. The van der Waals surface area contributed by atoms with Crippen molar-refractivity contribution in [3.63, 3.8) is 0 Å². The zero-order chi connectivity index (χ0) is 21.6. The van der Waals surface area contributed by atoms with Crippen molar-refractivity contribution in [2.45, 2.75) is 6.04 Å². The third-order valence-electron chi connectivity index (χ3n) is 4.48. The van der Waals surface area contributed by atoms with Gasteiger partial charge in [0.2, 0.25) is 0 Å². The first-order chi connectivity index (χ1) is 15.1. The fourth-order valence-electron chi connectivity index (χ4n) is 3.01. The summed E-state index contributed by atoms with van der Waals surface area (Å²) in [6.45, 7) is 0. The highest BCUT2D eigenvalue weighted by Gasteiger charge is 2.27. The predicted octanol–water partition coefficient (Wildman–Crippen LogP) is 2.14. The molecule has 4 rings (SSSR count). The summed E-state index contributed by atoms with van der Waals surface area (Å²) in [6.07, 6.45) is 2.80. The molecule has 0 saturated heterocycles. The Morgan fingerprint density at radius 1 is 1.00 bits per heavy atom. The van der Waals surface area contributed by atoms with E-state index in [0.29, 0.717) is 22.1 Å². The van der Waals surface area contributed by atoms with Gasteiger partial charge in [0.05, 0.1) is 17.9 Å². The third-order valence-corrected chi connectivity index (χ3v) is 4.48. The van der Waals surface area contributed by atoms with E-state index in [1.54, 1.807) is 66.7 Å². The van der Waals surface area contributed by atoms with E-state index in [-0.39, 0.29) is 5.69 Å². The minimum atomic E-state index is -1.22. The van der Waals surface area contributed by atoms with Crippen molar-refractivity contribution in [1.82, 2.24) is 20.9 Å². The Morgan fingerprint density at radius 2 is 1.74 bits per heavy atom. The summed E-state index contributed by atoms with van der Waals surface area (Å²) in [5, 5.41) is 13.8. The lowest BCUT2D eigenvalue weighted by atomic mass is 10.0. The van der Waals surface area contributed by atoms with Crippen LogP contribution in [0.25, 0.3) is 10.8 Å². The Kier molecular flexibility index (Phi) is 5.66. The smallest absolute Gasteiger partial charge is 0.272 e. The molecule has 1 atom stereocenters. The molecule has 0 aliphatic heterocycles. The van der Waals surface area contributed by atoms with E-state index in [9.17, 15) is 14.4 Å². The molecule has 9 nitrogen and oxygen atoms in total. The molecule has 2 aromatic heterocycles. The monoisotopic (exact) mass is 415 g/mol. The number of hydrazone groups is 1. The van der Waals surface area contributed by atoms with Crippen LogP contribution in [0, 0.1) is 0 Å². The molecule has 2 amide bonds. The normalized spacial score (nSPS) is 12.0. The van der Waals surface area contributed by atoms with Crippen LogP contribution in [-0.2, 0) is 4.79 Å². The zero-order valence-corrected chi connectivity index (χ0v) is 16.1. The lowest BCUT2D eigenvalue weighted by Crippen LogP contribution is -2.40. The standard InChI is InChI=1S/C22H17N5O4/c28-20(14-7-2-1-3-8-14)24-19(22(30)26-23-13-15-9-6-12-31-15)18-16-10-4-5-11-17(16)21(29)27-25-18/h1-13,19H,(H,24,28)(H,26,30)(H,27,29)/b23-13-/t19-/m1/s1. The highest BCUT2D eigenvalue weighted by molar-refractivity contribution is 5.99. The van der Waals surface area contributed by atoms with E-state index in [1.165, 1.54) is 12.5 Å². The summed E-state index contributed by atoms with van der Waals surface area (Å²) >= 11 is 0. The summed E-state index contributed by atoms with van der Waals surface area (Å²) in [5.74, 6) is -0.678. The van der Waals surface area contributed by atoms with E-state index in [0.717, 1.165) is 0 Å². The Labute approximate surface area is 175 Å². The van der Waals surface area contributed by atoms with Gasteiger partial charge in [0.25, 0.3) is 17.4 Å². The number of nitrogens with one attached hydrogen (secondary N) is 3. The lowest BCUT2D eigenvalue weighted by molar-refractivity contribution is -0.123. The average Bonchev–Trinajstić information content (AvgIpc) is 3.32. The quantitative estimate of drug-likeness (QED) is 0.328. The van der Waals surface area contributed by atoms with Crippen LogP contribution in [0.4, 0.5) is 0 Å². The molecule has 0 unspecified atom stereocenters. The summed E-state index contributed by atoms with van der Waals surface area (Å²) in [5.41, 5.74) is 2.53. The number of H-pyrrole nitrogens is 1. The first kappa shape index (κ1) is 19.8. The number of carbonyl (C=O) groups is 2. The summed E-state index contributed by atoms with van der Waals surface area (Å²) in [6, 6.07) is 17.3. The van der Waals surface area contributed by atoms with Crippen LogP contribution in [0.1, 0.15) is 27.9 Å². The molecule has 0 aliphatic rings. The first-order valence-electron chi connectivity index (χ1n) is 9.33. The van der Waals surface area contributed by atoms with Crippen molar-refractivity contribution in [2.75, 3.05) is 0 Å². The van der Waals surface area contributed by atoms with Crippen LogP contribution in [0.3, 0.4) is 0 Å². The van der Waals surface area contributed by atoms with Crippen molar-refractivity contribution in [3.8, 4) is 0 Å². The molecular weight excluding hydrogens is 398 g/mol. The summed E-state index contributed by atoms with van der Waals surface area (Å²) < 4.78 is 5.13. The van der Waals surface area contributed by atoms with Gasteiger partial charge >= 0.3 is 0 Å². The van der Waals surface area contributed by atoms with Crippen molar-refractivity contribution < 1.29 is 14.0 Å². The first-order valence-corrected chi connectivity index (χ1v) is 9.33. The Bertz CT molecular complexity index is 1300. The van der Waals surface area contributed by atoms with Gasteiger partial charge in [0.15, 0.2) is 6.04 Å². The average molecular weight is 415 g/mol. The number of rotatable bonds is 6. The third kappa shape index (κ3) is 4.40. The molecule has 0 bridgehead atoms. The number of nitrogens with zero attached hydrogens (tertiary/aromatic N) is 2. The number of carbonyl (C=O) groups excluding carboxylic acids is 2. The van der Waals surface area contributed by atoms with E-state index in [2.05, 4.69) is 26.0 Å². The number of furan rings is 1. The number of fused-ring (bicyclic) bond motifs is 1. The molecule has 0 aliphatic carbocycles. The minimum Gasteiger partial charge on any atom is -0.463 e. The van der Waals surface area contributed by atoms with Gasteiger partial charge in [-0.1, -0.05) is 36.4 Å². The Hall–Kier alpha value is -4.53. The van der Waals surface area contributed by atoms with Gasteiger partial charge in [0.1, 0.15) is 11.5 Å². The molecule has 0 fully saturated rings. The molecule has 0 radical (unpaired) electrons. The summed E-state index contributed by atoms with van der Waals surface area (Å²) in [4.78, 5) is 37.8. The van der Waals surface area contributed by atoms with Gasteiger partial charge < -0.3 is 9.73 Å². The highest BCUT2D eigenvalue weighted by Crippen LogP contribution is 2.20. The number of hydrogen-bond donors (Lipinski definition) is 3. The molecule has 0 spiro atoms. The lowest BCUT2D eigenvalue weighted by Gasteiger charge is -2.18. The number of aromatic amines is 1. The maximum Gasteiger partial charge on any atom is 0.272 e. The van der Waals surface area contributed by atoms with Crippen LogP contribution >= 0.6 is 0 Å². The Balaban J connectivity index is 1.69. The molecule has 9 heteroatoms. The van der Waals surface area contributed by atoms with Gasteiger partial charge in [0, 0.05) is 10.9 Å². The van der Waals surface area contributed by atoms with Crippen LogP contribution in [0.15, 0.2) is 87.3 Å². The molecule has 2 heterocycles. The maximum atomic E-state index is 13.0. The van der Waals surface area contributed by atoms with E-state index < -0.39 is 23.4 Å². The van der Waals surface area contributed by atoms with E-state index in [4.69, 9.17) is 4.42 Å². The van der Waals surface area contributed by atoms with Gasteiger partial charge in [-0.25, -0.2) is 10.5 Å². The second-order valence-corrected chi connectivity index (χ2v) is 6.51. The van der Waals surface area contributed by atoms with E-state index >= 15 is 0 Å². The molecule has 31 heavy (non-hydrogen) atoms. The fraction of sp³-hybridized carbons (Fsp3) is 0.0455. The van der Waals surface area contributed by atoms with Crippen LogP contribution in [0.5, 0.6) is 0 Å². The predicted molar refractivity (Wildman–Crippen MR) is 113 cm³/mol. The van der Waals surface area contributed by atoms with Crippen molar-refractivity contribution in [2.24, 2.45) is 5.10 Å². The highest BCUT2D eigenvalue weighted by atomic mass is 16.3.